The van der Waals surface area contributed by atoms with Crippen molar-refractivity contribution < 1.29 is 18.0 Å². The number of fused-ring (bicyclic) bond motifs is 1. The number of aromatic nitrogens is 2. The number of thioether (sulfide) groups is 1. The number of hydrogen-bond acceptors (Lipinski definition) is 7. The molecule has 3 rings (SSSR count). The van der Waals surface area contributed by atoms with Gasteiger partial charge in [0.05, 0.1) is 10.8 Å². The lowest BCUT2D eigenvalue weighted by atomic mass is 10.1. The number of hydrogen-bond donors (Lipinski definition) is 2. The predicted octanol–water partition coefficient (Wildman–Crippen LogP) is 0.429. The van der Waals surface area contributed by atoms with E-state index in [0.29, 0.717) is 16.6 Å². The van der Waals surface area contributed by atoms with Gasteiger partial charge < -0.3 is 5.32 Å². The molecule has 0 fully saturated rings. The molecule has 2 heterocycles. The van der Waals surface area contributed by atoms with Gasteiger partial charge in [-0.1, -0.05) is 11.8 Å². The molecule has 2 amide bonds. The molecule has 11 heteroatoms. The van der Waals surface area contributed by atoms with Crippen LogP contribution in [0.2, 0.25) is 0 Å². The van der Waals surface area contributed by atoms with Gasteiger partial charge in [-0.3, -0.25) is 19.0 Å². The molecule has 27 heavy (non-hydrogen) atoms. The average molecular weight is 408 g/mol. The molecule has 0 bridgehead atoms. The monoisotopic (exact) mass is 408 g/mol. The summed E-state index contributed by atoms with van der Waals surface area (Å²) in [6.45, 7) is 1.34. The molecule has 1 aliphatic rings. The van der Waals surface area contributed by atoms with Crippen molar-refractivity contribution in [1.82, 2.24) is 14.3 Å². The highest BCUT2D eigenvalue weighted by Gasteiger charge is 2.26. The van der Waals surface area contributed by atoms with Crippen LogP contribution < -0.4 is 15.6 Å². The summed E-state index contributed by atoms with van der Waals surface area (Å²) in [6, 6.07) is 6.80. The minimum Gasteiger partial charge on any atom is -0.326 e. The molecule has 2 N–H and O–H groups in total. The number of nitrogens with zero attached hydrogens (tertiary/aromatic N) is 2. The maximum Gasteiger partial charge on any atom is 0.264 e. The third-order valence-electron chi connectivity index (χ3n) is 3.80. The van der Waals surface area contributed by atoms with E-state index in [1.807, 2.05) is 4.72 Å². The molecule has 0 spiro atoms. The number of nitrogens with one attached hydrogen (secondary N) is 2. The van der Waals surface area contributed by atoms with Crippen LogP contribution in [0.25, 0.3) is 0 Å². The predicted molar refractivity (Wildman–Crippen MR) is 98.8 cm³/mol. The van der Waals surface area contributed by atoms with Gasteiger partial charge in [-0.15, -0.1) is 0 Å². The smallest absolute Gasteiger partial charge is 0.264 e. The van der Waals surface area contributed by atoms with Crippen LogP contribution in [0.3, 0.4) is 0 Å². The van der Waals surface area contributed by atoms with Gasteiger partial charge in [-0.05, 0) is 24.3 Å². The zero-order valence-electron chi connectivity index (χ0n) is 14.2. The third-order valence-corrected chi connectivity index (χ3v) is 6.40. The van der Waals surface area contributed by atoms with Crippen LogP contribution in [0.1, 0.15) is 6.92 Å². The molecule has 1 atom stereocenters. The molecule has 0 saturated carbocycles. The Labute approximate surface area is 159 Å². The Balaban J connectivity index is 1.69. The molecule has 2 aromatic rings. The van der Waals surface area contributed by atoms with Crippen molar-refractivity contribution in [2.75, 3.05) is 11.1 Å². The average Bonchev–Trinajstić information content (AvgIpc) is 2.61. The molecular weight excluding hydrogens is 392 g/mol. The first kappa shape index (κ1) is 19.1. The molecule has 0 saturated heterocycles. The van der Waals surface area contributed by atoms with Gasteiger partial charge in [0.15, 0.2) is 5.16 Å². The number of sulfonamides is 1. The van der Waals surface area contributed by atoms with E-state index in [9.17, 15) is 22.8 Å². The van der Waals surface area contributed by atoms with Crippen molar-refractivity contribution in [2.24, 2.45) is 5.92 Å². The molecule has 1 aromatic heterocycles. The maximum atomic E-state index is 12.5. The zero-order valence-corrected chi connectivity index (χ0v) is 15.8. The first-order valence-electron chi connectivity index (χ1n) is 7.89. The standard InChI is InChI=1S/C16H16N4O5S2/c1-10(21)19-27(24,25)13-4-2-12(3-5-13)18-15(23)11-8-20-14(22)6-7-17-16(20)26-9-11/h2-7,11H,8-9H2,1H3,(H,18,23)(H,19,21). The fourth-order valence-corrected chi connectivity index (χ4v) is 4.57. The second kappa shape index (κ2) is 7.53. The number of carbonyl (C=O) groups excluding carboxylic acids is 2. The largest absolute Gasteiger partial charge is 0.326 e. The van der Waals surface area contributed by atoms with Gasteiger partial charge in [0.25, 0.3) is 15.6 Å². The molecule has 0 aliphatic carbocycles. The highest BCUT2D eigenvalue weighted by Crippen LogP contribution is 2.25. The first-order valence-corrected chi connectivity index (χ1v) is 10.4. The van der Waals surface area contributed by atoms with E-state index >= 15 is 0 Å². The minimum atomic E-state index is -3.92. The first-order chi connectivity index (χ1) is 12.8. The van der Waals surface area contributed by atoms with Gasteiger partial charge in [0.1, 0.15) is 0 Å². The van der Waals surface area contributed by atoms with Crippen LogP contribution >= 0.6 is 11.8 Å². The second-order valence-corrected chi connectivity index (χ2v) is 8.53. The van der Waals surface area contributed by atoms with Gasteiger partial charge in [0, 0.05) is 37.2 Å². The van der Waals surface area contributed by atoms with E-state index in [1.54, 1.807) is 0 Å². The van der Waals surface area contributed by atoms with Gasteiger partial charge in [-0.25, -0.2) is 18.1 Å². The van der Waals surface area contributed by atoms with Crippen LogP contribution in [0.4, 0.5) is 5.69 Å². The minimum absolute atomic E-state index is 0.0875. The lowest BCUT2D eigenvalue weighted by Gasteiger charge is -2.23. The summed E-state index contributed by atoms with van der Waals surface area (Å²) in [6.07, 6.45) is 1.44. The van der Waals surface area contributed by atoms with Crippen molar-refractivity contribution in [3.63, 3.8) is 0 Å². The van der Waals surface area contributed by atoms with E-state index in [4.69, 9.17) is 0 Å². The van der Waals surface area contributed by atoms with Crippen molar-refractivity contribution >= 4 is 39.3 Å². The summed E-state index contributed by atoms with van der Waals surface area (Å²) in [5.41, 5.74) is 0.202. The Morgan fingerprint density at radius 2 is 1.93 bits per heavy atom. The normalized spacial score (nSPS) is 16.3. The number of benzene rings is 1. The van der Waals surface area contributed by atoms with Crippen molar-refractivity contribution in [3.05, 3.63) is 46.9 Å². The summed E-state index contributed by atoms with van der Waals surface area (Å²) in [4.78, 5) is 39.4. The topological polar surface area (TPSA) is 127 Å². The number of amides is 2. The zero-order chi connectivity index (χ0) is 19.6. The van der Waals surface area contributed by atoms with Crippen LogP contribution in [-0.2, 0) is 26.2 Å². The van der Waals surface area contributed by atoms with E-state index in [-0.39, 0.29) is 22.9 Å². The third kappa shape index (κ3) is 4.37. The molecule has 142 valence electrons. The SMILES string of the molecule is CC(=O)NS(=O)(=O)c1ccc(NC(=O)C2CSc3nccc(=O)n3C2)cc1. The summed E-state index contributed by atoms with van der Waals surface area (Å²) >= 11 is 1.33. The number of carbonyl (C=O) groups is 2. The fourth-order valence-electron chi connectivity index (χ4n) is 2.52. The van der Waals surface area contributed by atoms with Gasteiger partial charge >= 0.3 is 0 Å². The molecule has 1 aromatic carbocycles. The maximum absolute atomic E-state index is 12.5. The summed E-state index contributed by atoms with van der Waals surface area (Å²) in [5, 5.41) is 3.29. The highest BCUT2D eigenvalue weighted by molar-refractivity contribution is 7.99. The van der Waals surface area contributed by atoms with E-state index in [0.717, 1.165) is 6.92 Å². The lowest BCUT2D eigenvalue weighted by Crippen LogP contribution is -2.36. The highest BCUT2D eigenvalue weighted by atomic mass is 32.2. The van der Waals surface area contributed by atoms with Crippen LogP contribution in [0, 0.1) is 5.92 Å². The van der Waals surface area contributed by atoms with Gasteiger partial charge in [-0.2, -0.15) is 0 Å². The number of rotatable bonds is 4. The molecule has 1 unspecified atom stereocenters. The molecule has 9 nitrogen and oxygen atoms in total. The second-order valence-electron chi connectivity index (χ2n) is 5.86. The molecule has 0 radical (unpaired) electrons. The van der Waals surface area contributed by atoms with Crippen molar-refractivity contribution in [3.8, 4) is 0 Å². The fraction of sp³-hybridized carbons (Fsp3) is 0.250. The van der Waals surface area contributed by atoms with Crippen molar-refractivity contribution in [1.29, 1.82) is 0 Å². The number of anilines is 1. The quantitative estimate of drug-likeness (QED) is 0.702. The Morgan fingerprint density at radius 3 is 2.59 bits per heavy atom. The van der Waals surface area contributed by atoms with Crippen molar-refractivity contribution in [2.45, 2.75) is 23.5 Å². The molecular formula is C16H16N4O5S2. The van der Waals surface area contributed by atoms with Crippen LogP contribution in [0.15, 0.2) is 51.4 Å². The summed E-state index contributed by atoms with van der Waals surface area (Å²) in [7, 11) is -3.92. The Hall–Kier alpha value is -2.66. The molecule has 1 aliphatic heterocycles. The van der Waals surface area contributed by atoms with Crippen LogP contribution in [0.5, 0.6) is 0 Å². The van der Waals surface area contributed by atoms with Crippen LogP contribution in [-0.4, -0.2) is 35.5 Å². The Morgan fingerprint density at radius 1 is 1.22 bits per heavy atom. The Bertz CT molecular complexity index is 1050. The van der Waals surface area contributed by atoms with Gasteiger partial charge in [0.2, 0.25) is 11.8 Å². The summed E-state index contributed by atoms with van der Waals surface area (Å²) in [5.74, 6) is -0.905. The van der Waals surface area contributed by atoms with E-state index in [2.05, 4.69) is 10.3 Å². The Kier molecular flexibility index (Phi) is 5.33. The summed E-state index contributed by atoms with van der Waals surface area (Å²) < 4.78 is 27.2. The van der Waals surface area contributed by atoms with E-state index < -0.39 is 21.8 Å². The van der Waals surface area contributed by atoms with E-state index in [1.165, 1.54) is 52.9 Å². The lowest BCUT2D eigenvalue weighted by molar-refractivity contribution is -0.120.